The van der Waals surface area contributed by atoms with E-state index in [9.17, 15) is 0 Å². The molecular weight excluding hydrogens is 186 g/mol. The highest BCUT2D eigenvalue weighted by molar-refractivity contribution is 5.38. The summed E-state index contributed by atoms with van der Waals surface area (Å²) in [5.74, 6) is 1.71. The van der Waals surface area contributed by atoms with E-state index >= 15 is 0 Å². The first-order valence-corrected chi connectivity index (χ1v) is 5.75. The minimum Gasteiger partial charge on any atom is -0.494 e. The Morgan fingerprint density at radius 1 is 1.47 bits per heavy atom. The fourth-order valence-electron chi connectivity index (χ4n) is 2.18. The largest absolute Gasteiger partial charge is 0.494 e. The molecule has 1 heterocycles. The monoisotopic (exact) mass is 205 g/mol. The summed E-state index contributed by atoms with van der Waals surface area (Å²) in [7, 11) is 0. The van der Waals surface area contributed by atoms with Gasteiger partial charge in [-0.1, -0.05) is 12.1 Å². The third kappa shape index (κ3) is 2.32. The van der Waals surface area contributed by atoms with Crippen LogP contribution in [0.15, 0.2) is 18.2 Å². The number of benzene rings is 1. The van der Waals surface area contributed by atoms with Crippen molar-refractivity contribution in [3.63, 3.8) is 0 Å². The van der Waals surface area contributed by atoms with Gasteiger partial charge in [-0.2, -0.15) is 0 Å². The Bertz CT molecular complexity index is 329. The molecule has 1 aliphatic rings. The number of aryl methyl sites for hydroxylation is 1. The predicted octanol–water partition coefficient (Wildman–Crippen LogP) is 2.47. The molecule has 1 saturated heterocycles. The van der Waals surface area contributed by atoms with Gasteiger partial charge in [-0.15, -0.1) is 0 Å². The van der Waals surface area contributed by atoms with Crippen LogP contribution in [-0.2, 0) is 0 Å². The fraction of sp³-hybridized carbons (Fsp3) is 0.538. The Morgan fingerprint density at radius 2 is 2.33 bits per heavy atom. The number of ether oxygens (including phenoxy) is 1. The standard InChI is InChI=1S/C13H19NO/c1-3-15-13-5-4-11(8-10(13)2)12-6-7-14-9-12/h4-5,8,12,14H,3,6-7,9H2,1-2H3. The zero-order valence-corrected chi connectivity index (χ0v) is 9.55. The van der Waals surface area contributed by atoms with Gasteiger partial charge >= 0.3 is 0 Å². The van der Waals surface area contributed by atoms with Crippen LogP contribution >= 0.6 is 0 Å². The summed E-state index contributed by atoms with van der Waals surface area (Å²) in [6, 6.07) is 6.57. The molecule has 1 atom stereocenters. The van der Waals surface area contributed by atoms with Crippen molar-refractivity contribution in [2.45, 2.75) is 26.2 Å². The van der Waals surface area contributed by atoms with Crippen molar-refractivity contribution in [1.82, 2.24) is 5.32 Å². The van der Waals surface area contributed by atoms with Crippen molar-refractivity contribution in [2.24, 2.45) is 0 Å². The number of hydrogen-bond donors (Lipinski definition) is 1. The van der Waals surface area contributed by atoms with E-state index < -0.39 is 0 Å². The van der Waals surface area contributed by atoms with Gasteiger partial charge in [-0.3, -0.25) is 0 Å². The molecule has 82 valence electrons. The highest BCUT2D eigenvalue weighted by Crippen LogP contribution is 2.27. The Morgan fingerprint density at radius 3 is 2.93 bits per heavy atom. The van der Waals surface area contributed by atoms with Crippen LogP contribution in [0.3, 0.4) is 0 Å². The van der Waals surface area contributed by atoms with Gasteiger partial charge in [0.05, 0.1) is 6.61 Å². The van der Waals surface area contributed by atoms with Gasteiger partial charge in [-0.05, 0) is 49.9 Å². The molecule has 1 aromatic carbocycles. The van der Waals surface area contributed by atoms with E-state index in [0.29, 0.717) is 5.92 Å². The molecule has 0 saturated carbocycles. The molecule has 2 nitrogen and oxygen atoms in total. The van der Waals surface area contributed by atoms with Crippen molar-refractivity contribution in [1.29, 1.82) is 0 Å². The zero-order valence-electron chi connectivity index (χ0n) is 9.55. The molecule has 0 aromatic heterocycles. The lowest BCUT2D eigenvalue weighted by atomic mass is 9.96. The van der Waals surface area contributed by atoms with E-state index in [0.717, 1.165) is 25.4 Å². The van der Waals surface area contributed by atoms with Crippen molar-refractivity contribution < 1.29 is 4.74 Å². The molecule has 0 spiro atoms. The number of hydrogen-bond acceptors (Lipinski definition) is 2. The third-order valence-corrected chi connectivity index (χ3v) is 3.03. The maximum Gasteiger partial charge on any atom is 0.122 e. The van der Waals surface area contributed by atoms with Crippen molar-refractivity contribution in [3.8, 4) is 5.75 Å². The Labute approximate surface area is 91.6 Å². The minimum absolute atomic E-state index is 0.694. The van der Waals surface area contributed by atoms with Gasteiger partial charge in [0, 0.05) is 6.54 Å². The van der Waals surface area contributed by atoms with Crippen molar-refractivity contribution in [3.05, 3.63) is 29.3 Å². The lowest BCUT2D eigenvalue weighted by Crippen LogP contribution is -2.08. The summed E-state index contributed by atoms with van der Waals surface area (Å²) in [4.78, 5) is 0. The van der Waals surface area contributed by atoms with E-state index in [2.05, 4.69) is 30.4 Å². The Kier molecular flexibility index (Phi) is 3.27. The molecular formula is C13H19NO. The minimum atomic E-state index is 0.694. The maximum atomic E-state index is 5.54. The average Bonchev–Trinajstić information content (AvgIpc) is 2.74. The first-order valence-electron chi connectivity index (χ1n) is 5.75. The summed E-state index contributed by atoms with van der Waals surface area (Å²) in [6.07, 6.45) is 1.26. The lowest BCUT2D eigenvalue weighted by molar-refractivity contribution is 0.337. The molecule has 15 heavy (non-hydrogen) atoms. The first kappa shape index (κ1) is 10.5. The lowest BCUT2D eigenvalue weighted by Gasteiger charge is -2.12. The maximum absolute atomic E-state index is 5.54. The smallest absolute Gasteiger partial charge is 0.122 e. The second-order valence-electron chi connectivity index (χ2n) is 4.15. The summed E-state index contributed by atoms with van der Waals surface area (Å²) in [5, 5.41) is 3.40. The van der Waals surface area contributed by atoms with Crippen LogP contribution in [0.1, 0.15) is 30.4 Å². The fourth-order valence-corrected chi connectivity index (χ4v) is 2.18. The molecule has 0 aliphatic carbocycles. The van der Waals surface area contributed by atoms with E-state index in [4.69, 9.17) is 4.74 Å². The molecule has 0 amide bonds. The first-order chi connectivity index (χ1) is 7.31. The molecule has 1 fully saturated rings. The third-order valence-electron chi connectivity index (χ3n) is 3.03. The number of rotatable bonds is 3. The SMILES string of the molecule is CCOc1ccc(C2CCNC2)cc1C. The second kappa shape index (κ2) is 4.67. The molecule has 1 unspecified atom stereocenters. The molecule has 2 heteroatoms. The predicted molar refractivity (Wildman–Crippen MR) is 62.6 cm³/mol. The second-order valence-corrected chi connectivity index (χ2v) is 4.15. The summed E-state index contributed by atoms with van der Waals surface area (Å²) < 4.78 is 5.54. The molecule has 2 rings (SSSR count). The van der Waals surface area contributed by atoms with E-state index in [1.54, 1.807) is 0 Å². The van der Waals surface area contributed by atoms with E-state index in [1.165, 1.54) is 17.5 Å². The van der Waals surface area contributed by atoms with Crippen LogP contribution in [0.25, 0.3) is 0 Å². The molecule has 0 radical (unpaired) electrons. The average molecular weight is 205 g/mol. The van der Waals surface area contributed by atoms with Crippen molar-refractivity contribution in [2.75, 3.05) is 19.7 Å². The van der Waals surface area contributed by atoms with Crippen LogP contribution < -0.4 is 10.1 Å². The summed E-state index contributed by atoms with van der Waals surface area (Å²) >= 11 is 0. The summed E-state index contributed by atoms with van der Waals surface area (Å²) in [6.45, 7) is 7.15. The summed E-state index contributed by atoms with van der Waals surface area (Å²) in [5.41, 5.74) is 2.70. The van der Waals surface area contributed by atoms with Gasteiger partial charge in [-0.25, -0.2) is 0 Å². The van der Waals surface area contributed by atoms with Gasteiger partial charge in [0.25, 0.3) is 0 Å². The Hall–Kier alpha value is -1.02. The van der Waals surface area contributed by atoms with Gasteiger partial charge < -0.3 is 10.1 Å². The Balaban J connectivity index is 2.16. The van der Waals surface area contributed by atoms with Crippen LogP contribution in [0.4, 0.5) is 0 Å². The molecule has 0 bridgehead atoms. The van der Waals surface area contributed by atoms with Gasteiger partial charge in [0.1, 0.15) is 5.75 Å². The van der Waals surface area contributed by atoms with Crippen LogP contribution in [0.2, 0.25) is 0 Å². The normalized spacial score (nSPS) is 20.5. The zero-order chi connectivity index (χ0) is 10.7. The molecule has 1 aliphatic heterocycles. The van der Waals surface area contributed by atoms with E-state index in [-0.39, 0.29) is 0 Å². The van der Waals surface area contributed by atoms with Crippen LogP contribution in [0, 0.1) is 6.92 Å². The molecule has 1 aromatic rings. The highest BCUT2D eigenvalue weighted by Gasteiger charge is 2.16. The quantitative estimate of drug-likeness (QED) is 0.818. The highest BCUT2D eigenvalue weighted by atomic mass is 16.5. The van der Waals surface area contributed by atoms with Crippen LogP contribution in [-0.4, -0.2) is 19.7 Å². The van der Waals surface area contributed by atoms with E-state index in [1.807, 2.05) is 6.92 Å². The number of nitrogens with one attached hydrogen (secondary N) is 1. The topological polar surface area (TPSA) is 21.3 Å². The van der Waals surface area contributed by atoms with Gasteiger partial charge in [0.15, 0.2) is 0 Å². The van der Waals surface area contributed by atoms with Gasteiger partial charge in [0.2, 0.25) is 0 Å². The van der Waals surface area contributed by atoms with Crippen molar-refractivity contribution >= 4 is 0 Å². The molecule has 1 N–H and O–H groups in total. The van der Waals surface area contributed by atoms with Crippen LogP contribution in [0.5, 0.6) is 5.75 Å².